The molecule has 8 heteroatoms. The van der Waals surface area contributed by atoms with Crippen molar-refractivity contribution in [3.63, 3.8) is 0 Å². The number of rotatable bonds is 10. The van der Waals surface area contributed by atoms with Crippen LogP contribution in [0.2, 0.25) is 0 Å². The molecular formula is C24H32N2O6. The van der Waals surface area contributed by atoms with Gasteiger partial charge in [-0.2, -0.15) is 0 Å². The number of hydrogen-bond donors (Lipinski definition) is 1. The molecule has 8 nitrogen and oxygen atoms in total. The largest absolute Gasteiger partial charge is 0.497 e. The summed E-state index contributed by atoms with van der Waals surface area (Å²) in [4.78, 5) is 15.0. The molecular weight excluding hydrogens is 412 g/mol. The van der Waals surface area contributed by atoms with Crippen molar-refractivity contribution >= 4 is 11.6 Å². The molecule has 1 aliphatic heterocycles. The van der Waals surface area contributed by atoms with Gasteiger partial charge in [-0.05, 0) is 25.5 Å². The fraction of sp³-hybridized carbons (Fsp3) is 0.458. The van der Waals surface area contributed by atoms with Crippen LogP contribution in [0.3, 0.4) is 0 Å². The van der Waals surface area contributed by atoms with Crippen LogP contribution in [0.25, 0.3) is 0 Å². The van der Waals surface area contributed by atoms with Crippen LogP contribution < -0.4 is 29.0 Å². The minimum absolute atomic E-state index is 0.0772. The van der Waals surface area contributed by atoms with E-state index in [1.54, 1.807) is 47.7 Å². The molecule has 1 atom stereocenters. The van der Waals surface area contributed by atoms with Crippen LogP contribution in [0.4, 0.5) is 5.69 Å². The number of nitrogens with zero attached hydrogens (tertiary/aromatic N) is 1. The average Bonchev–Trinajstić information content (AvgIpc) is 3.29. The van der Waals surface area contributed by atoms with E-state index in [2.05, 4.69) is 16.3 Å². The van der Waals surface area contributed by atoms with Gasteiger partial charge in [0.15, 0.2) is 11.5 Å². The number of amides is 1. The maximum absolute atomic E-state index is 12.7. The average molecular weight is 445 g/mol. The Morgan fingerprint density at radius 1 is 0.938 bits per heavy atom. The Morgan fingerprint density at radius 3 is 2.22 bits per heavy atom. The number of hydrogen-bond acceptors (Lipinski definition) is 7. The Morgan fingerprint density at radius 2 is 1.62 bits per heavy atom. The molecule has 2 aromatic carbocycles. The van der Waals surface area contributed by atoms with Crippen LogP contribution >= 0.6 is 0 Å². The number of carbonyl (C=O) groups is 1. The Bertz CT molecular complexity index is 908. The maximum atomic E-state index is 12.7. The smallest absolute Gasteiger partial charge is 0.225 e. The molecule has 0 spiro atoms. The zero-order chi connectivity index (χ0) is 23.1. The van der Waals surface area contributed by atoms with Crippen molar-refractivity contribution in [2.24, 2.45) is 0 Å². The Balaban J connectivity index is 1.66. The summed E-state index contributed by atoms with van der Waals surface area (Å²) in [5.74, 6) is 2.97. The number of methoxy groups -OCH3 is 5. The number of ether oxygens (including phenoxy) is 5. The van der Waals surface area contributed by atoms with Gasteiger partial charge < -0.3 is 29.0 Å². The van der Waals surface area contributed by atoms with Gasteiger partial charge in [-0.3, -0.25) is 9.69 Å². The fourth-order valence-electron chi connectivity index (χ4n) is 4.16. The summed E-state index contributed by atoms with van der Waals surface area (Å²) < 4.78 is 27.0. The Hall–Kier alpha value is -3.13. The molecule has 1 aliphatic rings. The third-order valence-electron chi connectivity index (χ3n) is 5.74. The van der Waals surface area contributed by atoms with E-state index in [1.807, 2.05) is 12.1 Å². The van der Waals surface area contributed by atoms with Crippen LogP contribution in [-0.2, 0) is 4.79 Å². The molecule has 0 saturated carbocycles. The molecule has 0 aliphatic carbocycles. The lowest BCUT2D eigenvalue weighted by molar-refractivity contribution is -0.116. The minimum atomic E-state index is -0.0772. The lowest BCUT2D eigenvalue weighted by atomic mass is 10.0. The molecule has 3 rings (SSSR count). The fourth-order valence-corrected chi connectivity index (χ4v) is 4.16. The zero-order valence-corrected chi connectivity index (χ0v) is 19.4. The van der Waals surface area contributed by atoms with Crippen LogP contribution in [0.5, 0.6) is 28.7 Å². The molecule has 1 heterocycles. The van der Waals surface area contributed by atoms with Crippen LogP contribution in [0.1, 0.15) is 30.9 Å². The molecule has 1 unspecified atom stereocenters. The highest BCUT2D eigenvalue weighted by Crippen LogP contribution is 2.40. The topological polar surface area (TPSA) is 78.5 Å². The summed E-state index contributed by atoms with van der Waals surface area (Å²) in [6.45, 7) is 1.59. The van der Waals surface area contributed by atoms with Crippen molar-refractivity contribution < 1.29 is 28.5 Å². The molecule has 0 radical (unpaired) electrons. The van der Waals surface area contributed by atoms with Gasteiger partial charge in [-0.15, -0.1) is 0 Å². The molecule has 32 heavy (non-hydrogen) atoms. The predicted molar refractivity (Wildman–Crippen MR) is 122 cm³/mol. The van der Waals surface area contributed by atoms with Gasteiger partial charge in [0.2, 0.25) is 11.7 Å². The summed E-state index contributed by atoms with van der Waals surface area (Å²) in [6, 6.07) is 9.57. The molecule has 1 fully saturated rings. The highest BCUT2D eigenvalue weighted by Gasteiger charge is 2.28. The van der Waals surface area contributed by atoms with Crippen molar-refractivity contribution in [2.45, 2.75) is 25.3 Å². The first-order chi connectivity index (χ1) is 15.5. The number of likely N-dealkylation sites (tertiary alicyclic amines) is 1. The standard InChI is InChI=1S/C24H32N2O6/c1-28-17-8-9-18(20(15-17)29-2)19-7-6-11-26(19)12-10-23(27)25-16-13-21(30-3)24(32-5)22(14-16)31-4/h8-9,13-15,19H,6-7,10-12H2,1-5H3,(H,25,27). The third kappa shape index (κ3) is 5.19. The van der Waals surface area contributed by atoms with Crippen molar-refractivity contribution in [3.05, 3.63) is 35.9 Å². The third-order valence-corrected chi connectivity index (χ3v) is 5.74. The number of carbonyl (C=O) groups excluding carboxylic acids is 1. The Labute approximate surface area is 189 Å². The molecule has 174 valence electrons. The summed E-state index contributed by atoms with van der Waals surface area (Å²) in [6.07, 6.45) is 2.47. The summed E-state index contributed by atoms with van der Waals surface area (Å²) >= 11 is 0. The van der Waals surface area contributed by atoms with Gasteiger partial charge in [0.05, 0.1) is 35.5 Å². The second-order valence-electron chi connectivity index (χ2n) is 7.51. The van der Waals surface area contributed by atoms with E-state index in [0.717, 1.165) is 36.4 Å². The zero-order valence-electron chi connectivity index (χ0n) is 19.4. The summed E-state index contributed by atoms with van der Waals surface area (Å²) in [5, 5.41) is 2.94. The van der Waals surface area contributed by atoms with Crippen LogP contribution in [0.15, 0.2) is 30.3 Å². The first kappa shape index (κ1) is 23.5. The minimum Gasteiger partial charge on any atom is -0.497 e. The van der Waals surface area contributed by atoms with Crippen molar-refractivity contribution in [1.82, 2.24) is 4.90 Å². The summed E-state index contributed by atoms with van der Waals surface area (Å²) in [7, 11) is 7.95. The van der Waals surface area contributed by atoms with Gasteiger partial charge in [0, 0.05) is 48.5 Å². The normalized spacial score (nSPS) is 15.8. The monoisotopic (exact) mass is 444 g/mol. The maximum Gasteiger partial charge on any atom is 0.225 e. The lowest BCUT2D eigenvalue weighted by Crippen LogP contribution is -2.28. The number of anilines is 1. The highest BCUT2D eigenvalue weighted by atomic mass is 16.5. The van der Waals surface area contributed by atoms with Gasteiger partial charge >= 0.3 is 0 Å². The van der Waals surface area contributed by atoms with E-state index < -0.39 is 0 Å². The predicted octanol–water partition coefficient (Wildman–Crippen LogP) is 3.90. The van der Waals surface area contributed by atoms with Crippen LogP contribution in [-0.4, -0.2) is 59.4 Å². The van der Waals surface area contributed by atoms with Crippen LogP contribution in [0, 0.1) is 0 Å². The molecule has 1 saturated heterocycles. The molecule has 1 amide bonds. The quantitative estimate of drug-likeness (QED) is 0.596. The van der Waals surface area contributed by atoms with E-state index >= 15 is 0 Å². The molecule has 1 N–H and O–H groups in total. The van der Waals surface area contributed by atoms with Gasteiger partial charge in [0.1, 0.15) is 11.5 Å². The SMILES string of the molecule is COc1ccc(C2CCCN2CCC(=O)Nc2cc(OC)c(OC)c(OC)c2)c(OC)c1. The van der Waals surface area contributed by atoms with E-state index in [0.29, 0.717) is 35.9 Å². The number of nitrogens with one attached hydrogen (secondary N) is 1. The molecule has 2 aromatic rings. The summed E-state index contributed by atoms with van der Waals surface area (Å²) in [5.41, 5.74) is 1.72. The van der Waals surface area contributed by atoms with E-state index in [1.165, 1.54) is 0 Å². The second-order valence-corrected chi connectivity index (χ2v) is 7.51. The van der Waals surface area contributed by atoms with Gasteiger partial charge in [-0.25, -0.2) is 0 Å². The van der Waals surface area contributed by atoms with Crippen molar-refractivity contribution in [3.8, 4) is 28.7 Å². The molecule has 0 aromatic heterocycles. The lowest BCUT2D eigenvalue weighted by Gasteiger charge is -2.26. The highest BCUT2D eigenvalue weighted by molar-refractivity contribution is 5.91. The van der Waals surface area contributed by atoms with Crippen molar-refractivity contribution in [2.75, 3.05) is 54.0 Å². The first-order valence-electron chi connectivity index (χ1n) is 10.6. The van der Waals surface area contributed by atoms with E-state index in [9.17, 15) is 4.79 Å². The van der Waals surface area contributed by atoms with Crippen molar-refractivity contribution in [1.29, 1.82) is 0 Å². The second kappa shape index (κ2) is 10.9. The number of benzene rings is 2. The van der Waals surface area contributed by atoms with Gasteiger partial charge in [0.25, 0.3) is 0 Å². The Kier molecular flexibility index (Phi) is 8.05. The first-order valence-corrected chi connectivity index (χ1v) is 10.6. The molecule has 0 bridgehead atoms. The van der Waals surface area contributed by atoms with E-state index in [-0.39, 0.29) is 11.9 Å². The van der Waals surface area contributed by atoms with Gasteiger partial charge in [-0.1, -0.05) is 6.07 Å². The van der Waals surface area contributed by atoms with E-state index in [4.69, 9.17) is 23.7 Å².